The molecular weight excluding hydrogens is 348 g/mol. The number of benzene rings is 2. The van der Waals surface area contributed by atoms with Gasteiger partial charge in [0.15, 0.2) is 5.11 Å². The summed E-state index contributed by atoms with van der Waals surface area (Å²) in [5.41, 5.74) is 8.03. The van der Waals surface area contributed by atoms with Gasteiger partial charge >= 0.3 is 0 Å². The van der Waals surface area contributed by atoms with Crippen LogP contribution in [0.15, 0.2) is 54.6 Å². The Labute approximate surface area is 156 Å². The van der Waals surface area contributed by atoms with Crippen LogP contribution in [0, 0.1) is 0 Å². The van der Waals surface area contributed by atoms with Crippen LogP contribution >= 0.6 is 12.2 Å². The lowest BCUT2D eigenvalue weighted by molar-refractivity contribution is 0.0945. The highest BCUT2D eigenvalue weighted by Crippen LogP contribution is 2.27. The van der Waals surface area contributed by atoms with Crippen molar-refractivity contribution in [2.75, 3.05) is 14.2 Å². The molecule has 26 heavy (non-hydrogen) atoms. The van der Waals surface area contributed by atoms with Crippen LogP contribution < -0.4 is 20.9 Å². The molecule has 0 fully saturated rings. The molecule has 3 aromatic rings. The molecule has 0 saturated carbocycles. The van der Waals surface area contributed by atoms with Crippen molar-refractivity contribution in [1.82, 2.24) is 21.2 Å². The van der Waals surface area contributed by atoms with Gasteiger partial charge in [-0.2, -0.15) is 0 Å². The minimum absolute atomic E-state index is 0.301. The number of rotatable bonds is 3. The summed E-state index contributed by atoms with van der Waals surface area (Å²) in [4.78, 5) is 17.4. The van der Waals surface area contributed by atoms with E-state index in [0.717, 1.165) is 22.2 Å². The summed E-state index contributed by atoms with van der Waals surface area (Å²) in [6, 6.07) is 16.8. The molecule has 6 nitrogen and oxygen atoms in total. The molecule has 0 spiro atoms. The van der Waals surface area contributed by atoms with Gasteiger partial charge in [-0.15, -0.1) is 0 Å². The van der Waals surface area contributed by atoms with Gasteiger partial charge in [-0.25, -0.2) is 4.98 Å². The summed E-state index contributed by atoms with van der Waals surface area (Å²) in [7, 11) is 3.28. The number of amides is 1. The van der Waals surface area contributed by atoms with Crippen LogP contribution in [0.2, 0.25) is 0 Å². The molecule has 0 aliphatic rings. The van der Waals surface area contributed by atoms with Crippen LogP contribution in [0.25, 0.3) is 22.2 Å². The molecule has 1 amide bonds. The Hall–Kier alpha value is -3.19. The fourth-order valence-electron chi connectivity index (χ4n) is 2.54. The molecule has 0 unspecified atom stereocenters. The van der Waals surface area contributed by atoms with Crippen LogP contribution in [0.1, 0.15) is 10.4 Å². The number of methoxy groups -OCH3 is 1. The molecule has 2 aromatic carbocycles. The lowest BCUT2D eigenvalue weighted by Crippen LogP contribution is -2.45. The van der Waals surface area contributed by atoms with Gasteiger partial charge in [-0.3, -0.25) is 15.6 Å². The number of hydrazine groups is 1. The van der Waals surface area contributed by atoms with Crippen molar-refractivity contribution in [2.45, 2.75) is 0 Å². The average Bonchev–Trinajstić information content (AvgIpc) is 2.70. The van der Waals surface area contributed by atoms with Crippen molar-refractivity contribution < 1.29 is 9.53 Å². The average molecular weight is 366 g/mol. The Morgan fingerprint density at radius 1 is 1.08 bits per heavy atom. The number of ether oxygens (including phenoxy) is 1. The van der Waals surface area contributed by atoms with E-state index < -0.39 is 0 Å². The normalized spacial score (nSPS) is 10.2. The SMILES string of the molecule is CNC(=S)NNC(=O)c1cc(-c2cccc(OC)c2)nc2ccccc12. The summed E-state index contributed by atoms with van der Waals surface area (Å²) >= 11 is 4.99. The van der Waals surface area contributed by atoms with Gasteiger partial charge in [0.2, 0.25) is 0 Å². The topological polar surface area (TPSA) is 75.3 Å². The zero-order valence-corrected chi connectivity index (χ0v) is 15.2. The second-order valence-electron chi connectivity index (χ2n) is 5.46. The third-order valence-electron chi connectivity index (χ3n) is 3.84. The number of nitrogens with zero attached hydrogens (tertiary/aromatic N) is 1. The molecule has 0 bridgehead atoms. The predicted molar refractivity (Wildman–Crippen MR) is 106 cm³/mol. The van der Waals surface area contributed by atoms with E-state index in [1.165, 1.54) is 0 Å². The Kier molecular flexibility index (Phi) is 5.28. The molecule has 0 aliphatic carbocycles. The first-order valence-electron chi connectivity index (χ1n) is 7.94. The summed E-state index contributed by atoms with van der Waals surface area (Å²) in [6.07, 6.45) is 0. The zero-order valence-electron chi connectivity index (χ0n) is 14.4. The highest BCUT2D eigenvalue weighted by Gasteiger charge is 2.14. The van der Waals surface area contributed by atoms with Gasteiger partial charge in [0.25, 0.3) is 5.91 Å². The number of carbonyl (C=O) groups is 1. The number of para-hydroxylation sites is 1. The van der Waals surface area contributed by atoms with E-state index in [4.69, 9.17) is 17.0 Å². The maximum absolute atomic E-state index is 12.7. The summed E-state index contributed by atoms with van der Waals surface area (Å²) in [5, 5.41) is 3.82. The molecule has 1 heterocycles. The van der Waals surface area contributed by atoms with E-state index in [9.17, 15) is 4.79 Å². The molecule has 0 saturated heterocycles. The molecule has 132 valence electrons. The van der Waals surface area contributed by atoms with Crippen LogP contribution in [0.4, 0.5) is 0 Å². The Morgan fingerprint density at radius 3 is 2.65 bits per heavy atom. The Bertz CT molecular complexity index is 975. The largest absolute Gasteiger partial charge is 0.497 e. The van der Waals surface area contributed by atoms with Crippen molar-refractivity contribution >= 4 is 34.1 Å². The molecule has 0 atom stereocenters. The van der Waals surface area contributed by atoms with Gasteiger partial charge in [0, 0.05) is 18.0 Å². The first-order valence-corrected chi connectivity index (χ1v) is 8.35. The lowest BCUT2D eigenvalue weighted by atomic mass is 10.0. The van der Waals surface area contributed by atoms with Crippen molar-refractivity contribution in [3.63, 3.8) is 0 Å². The number of hydrogen-bond acceptors (Lipinski definition) is 4. The molecule has 0 aliphatic heterocycles. The number of aromatic nitrogens is 1. The summed E-state index contributed by atoms with van der Waals surface area (Å²) in [5.74, 6) is 0.426. The van der Waals surface area contributed by atoms with Gasteiger partial charge in [0.05, 0.1) is 23.9 Å². The number of nitrogens with one attached hydrogen (secondary N) is 3. The third kappa shape index (κ3) is 3.73. The maximum atomic E-state index is 12.7. The third-order valence-corrected chi connectivity index (χ3v) is 4.15. The highest BCUT2D eigenvalue weighted by molar-refractivity contribution is 7.80. The van der Waals surface area contributed by atoms with E-state index in [-0.39, 0.29) is 5.91 Å². The van der Waals surface area contributed by atoms with Crippen molar-refractivity contribution in [2.24, 2.45) is 0 Å². The number of carbonyl (C=O) groups excluding carboxylic acids is 1. The predicted octanol–water partition coefficient (Wildman–Crippen LogP) is 2.65. The van der Waals surface area contributed by atoms with Crippen LogP contribution in [0.3, 0.4) is 0 Å². The van der Waals surface area contributed by atoms with Gasteiger partial charge in [0.1, 0.15) is 5.75 Å². The van der Waals surface area contributed by atoms with Crippen LogP contribution in [0.5, 0.6) is 5.75 Å². The van der Waals surface area contributed by atoms with E-state index in [1.807, 2.05) is 48.5 Å². The second kappa shape index (κ2) is 7.79. The zero-order chi connectivity index (χ0) is 18.5. The first-order chi connectivity index (χ1) is 12.6. The minimum atomic E-state index is -0.301. The highest BCUT2D eigenvalue weighted by atomic mass is 32.1. The van der Waals surface area contributed by atoms with Crippen molar-refractivity contribution in [3.05, 3.63) is 60.2 Å². The molecule has 3 rings (SSSR count). The number of thiocarbonyl (C=S) groups is 1. The second-order valence-corrected chi connectivity index (χ2v) is 5.87. The Balaban J connectivity index is 2.06. The fourth-order valence-corrected chi connectivity index (χ4v) is 2.59. The van der Waals surface area contributed by atoms with Crippen LogP contribution in [-0.2, 0) is 0 Å². The smallest absolute Gasteiger partial charge is 0.270 e. The summed E-state index contributed by atoms with van der Waals surface area (Å²) in [6.45, 7) is 0. The molecule has 3 N–H and O–H groups in total. The van der Waals surface area contributed by atoms with E-state index in [0.29, 0.717) is 16.4 Å². The van der Waals surface area contributed by atoms with E-state index in [1.54, 1.807) is 20.2 Å². The lowest BCUT2D eigenvalue weighted by Gasteiger charge is -2.12. The molecule has 0 radical (unpaired) electrons. The van der Waals surface area contributed by atoms with E-state index >= 15 is 0 Å². The number of hydrogen-bond donors (Lipinski definition) is 3. The van der Waals surface area contributed by atoms with Gasteiger partial charge in [-0.1, -0.05) is 30.3 Å². The molecular formula is C19H18N4O2S. The monoisotopic (exact) mass is 366 g/mol. The van der Waals surface area contributed by atoms with E-state index in [2.05, 4.69) is 21.2 Å². The Morgan fingerprint density at radius 2 is 1.88 bits per heavy atom. The first kappa shape index (κ1) is 17.6. The molecule has 7 heteroatoms. The van der Waals surface area contributed by atoms with Crippen LogP contribution in [-0.4, -0.2) is 30.2 Å². The quantitative estimate of drug-likeness (QED) is 0.489. The maximum Gasteiger partial charge on any atom is 0.270 e. The fraction of sp³-hybridized carbons (Fsp3) is 0.105. The summed E-state index contributed by atoms with van der Waals surface area (Å²) < 4.78 is 5.28. The number of pyridine rings is 1. The van der Waals surface area contributed by atoms with Crippen molar-refractivity contribution in [3.8, 4) is 17.0 Å². The number of fused-ring (bicyclic) bond motifs is 1. The minimum Gasteiger partial charge on any atom is -0.497 e. The molecule has 1 aromatic heterocycles. The standard InChI is InChI=1S/C19H18N4O2S/c1-20-19(26)23-22-18(24)15-11-17(12-6-5-7-13(10-12)25-2)21-16-9-4-3-8-14(15)16/h3-11H,1-2H3,(H,22,24)(H2,20,23,26). The van der Waals surface area contributed by atoms with Gasteiger partial charge in [-0.05, 0) is 36.5 Å². The van der Waals surface area contributed by atoms with Crippen molar-refractivity contribution in [1.29, 1.82) is 0 Å². The van der Waals surface area contributed by atoms with Gasteiger partial charge < -0.3 is 10.1 Å².